The zero-order valence-electron chi connectivity index (χ0n) is 7.30. The van der Waals surface area contributed by atoms with Gasteiger partial charge in [-0.05, 0) is 0 Å². The molecule has 0 aliphatic heterocycles. The third-order valence-corrected chi connectivity index (χ3v) is 0. The summed E-state index contributed by atoms with van der Waals surface area (Å²) in [5.74, 6) is 0. The Morgan fingerprint density at radius 1 is 0.438 bits per heavy atom. The fourth-order valence-electron chi connectivity index (χ4n) is 0. The van der Waals surface area contributed by atoms with Crippen LogP contribution < -0.4 is 0 Å². The Morgan fingerprint density at radius 3 is 0.438 bits per heavy atom. The quantitative estimate of drug-likeness (QED) is 0.137. The second kappa shape index (κ2) is 10.1. The van der Waals surface area contributed by atoms with E-state index in [9.17, 15) is 0 Å². The van der Waals surface area contributed by atoms with Crippen LogP contribution in [0.4, 0.5) is 0 Å². The molecule has 0 bridgehead atoms. The fourth-order valence-corrected chi connectivity index (χ4v) is 0. The van der Waals surface area contributed by atoms with Gasteiger partial charge in [0.2, 0.25) is 0 Å². The van der Waals surface area contributed by atoms with Gasteiger partial charge in [-0.3, -0.25) is 0 Å². The first kappa shape index (κ1) is 25.9. The first-order valence-electron chi connectivity index (χ1n) is 2.35. The molecule has 0 aromatic heterocycles. The third-order valence-electron chi connectivity index (χ3n) is 0. The normalized spacial score (nSPS) is 11.1. The van der Waals surface area contributed by atoms with Gasteiger partial charge in [-0.25, -0.2) is 13.7 Å². The van der Waals surface area contributed by atoms with E-state index < -0.39 is 23.5 Å². The van der Waals surface area contributed by atoms with Crippen molar-refractivity contribution in [3.63, 3.8) is 0 Å². The van der Waals surface area contributed by atoms with E-state index in [1.807, 2.05) is 0 Å². The van der Waals surface area contributed by atoms with Crippen molar-refractivity contribution in [2.24, 2.45) is 0 Å². The van der Waals surface area contributed by atoms with Crippen molar-refractivity contribution in [1.29, 1.82) is 0 Å². The van der Waals surface area contributed by atoms with Gasteiger partial charge in [0.1, 0.15) is 0 Å². The van der Waals surface area contributed by atoms with Crippen molar-refractivity contribution < 1.29 is 57.7 Å². The molecule has 0 saturated carbocycles. The second-order valence-corrected chi connectivity index (χ2v) is 4.62. The molecule has 0 atom stereocenters. The molecule has 12 nitrogen and oxygen atoms in total. The monoisotopic (exact) mass is 416 g/mol. The third kappa shape index (κ3) is 2370. The van der Waals surface area contributed by atoms with Crippen LogP contribution in [-0.2, 0) is 13.7 Å². The maximum absolute atomic E-state index is 8.88. The van der Waals surface area contributed by atoms with Gasteiger partial charge in [-0.1, -0.05) is 0 Å². The summed E-state index contributed by atoms with van der Waals surface area (Å²) in [6.07, 6.45) is 0. The van der Waals surface area contributed by atoms with E-state index in [1.54, 1.807) is 0 Å². The first-order chi connectivity index (χ1) is 6.00. The van der Waals surface area contributed by atoms with E-state index in [2.05, 4.69) is 0 Å². The van der Waals surface area contributed by atoms with E-state index in [-0.39, 0.29) is 23.9 Å². The SMILES string of the molecule is O=P(O)(O)O.O=P(O)(O)O.O=P(O)(O)O.[SnH2]. The van der Waals surface area contributed by atoms with Gasteiger partial charge >= 0.3 is 47.4 Å². The minimum atomic E-state index is -4.64. The Bertz CT molecular complexity index is 202. The molecule has 0 saturated heterocycles. The summed E-state index contributed by atoms with van der Waals surface area (Å²) >= 11 is 0. The molecule has 9 N–H and O–H groups in total. The van der Waals surface area contributed by atoms with Crippen molar-refractivity contribution in [2.75, 3.05) is 0 Å². The van der Waals surface area contributed by atoms with Crippen molar-refractivity contribution >= 4 is 47.4 Å². The van der Waals surface area contributed by atoms with Crippen molar-refractivity contribution in [1.82, 2.24) is 0 Å². The van der Waals surface area contributed by atoms with E-state index in [0.29, 0.717) is 0 Å². The van der Waals surface area contributed by atoms with Gasteiger partial charge in [0.25, 0.3) is 0 Å². The predicted molar refractivity (Wildman–Crippen MR) is 51.3 cm³/mol. The molecule has 0 unspecified atom stereocenters. The molecule has 2 radical (unpaired) electrons. The van der Waals surface area contributed by atoms with Crippen molar-refractivity contribution in [3.8, 4) is 0 Å². The average Bonchev–Trinajstić information content (AvgIpc) is 1.41. The van der Waals surface area contributed by atoms with Crippen molar-refractivity contribution in [3.05, 3.63) is 0 Å². The average molecular weight is 415 g/mol. The van der Waals surface area contributed by atoms with Gasteiger partial charge < -0.3 is 44.0 Å². The van der Waals surface area contributed by atoms with Crippen LogP contribution in [0, 0.1) is 0 Å². The molecule has 0 aromatic carbocycles. The number of hydrogen-bond acceptors (Lipinski definition) is 3. The Balaban J connectivity index is -0.0000000655. The molecular formula is H11O12P3Sn. The summed E-state index contributed by atoms with van der Waals surface area (Å²) in [5.41, 5.74) is 0. The number of hydrogen-bond donors (Lipinski definition) is 9. The molecule has 0 aliphatic rings. The first-order valence-corrected chi connectivity index (χ1v) is 7.04. The predicted octanol–water partition coefficient (Wildman–Crippen LogP) is -3.70. The fraction of sp³-hybridized carbons (Fsp3) is 0. The van der Waals surface area contributed by atoms with Crippen LogP contribution in [0.3, 0.4) is 0 Å². The van der Waals surface area contributed by atoms with Crippen LogP contribution in [0.5, 0.6) is 0 Å². The summed E-state index contributed by atoms with van der Waals surface area (Å²) in [6.45, 7) is 0. The van der Waals surface area contributed by atoms with Gasteiger partial charge in [0.15, 0.2) is 0 Å². The van der Waals surface area contributed by atoms with E-state index >= 15 is 0 Å². The molecule has 16 heteroatoms. The number of rotatable bonds is 0. The molecule has 0 spiro atoms. The molecular weight excluding hydrogens is 404 g/mol. The molecule has 0 amide bonds. The van der Waals surface area contributed by atoms with Gasteiger partial charge in [0, 0.05) is 0 Å². The summed E-state index contributed by atoms with van der Waals surface area (Å²) in [7, 11) is -13.9. The summed E-state index contributed by atoms with van der Waals surface area (Å²) in [4.78, 5) is 64.7. The van der Waals surface area contributed by atoms with E-state index in [4.69, 9.17) is 57.7 Å². The van der Waals surface area contributed by atoms with Crippen LogP contribution in [0.2, 0.25) is 0 Å². The summed E-state index contributed by atoms with van der Waals surface area (Å²) < 4.78 is 26.6. The molecule has 102 valence electrons. The van der Waals surface area contributed by atoms with Crippen LogP contribution in [-0.4, -0.2) is 67.9 Å². The molecule has 0 heterocycles. The van der Waals surface area contributed by atoms with Crippen LogP contribution in [0.25, 0.3) is 0 Å². The van der Waals surface area contributed by atoms with Gasteiger partial charge in [-0.15, -0.1) is 0 Å². The van der Waals surface area contributed by atoms with Crippen LogP contribution >= 0.6 is 23.5 Å². The summed E-state index contributed by atoms with van der Waals surface area (Å²) in [5, 5.41) is 0. The Hall–Kier alpha value is 1.13. The number of phosphoric acid groups is 3. The van der Waals surface area contributed by atoms with E-state index in [0.717, 1.165) is 0 Å². The Kier molecular flexibility index (Phi) is 16.3. The maximum atomic E-state index is 8.88. The Morgan fingerprint density at radius 2 is 0.438 bits per heavy atom. The standard InChI is InChI=1S/3H3O4P.Sn.2H/c3*1-5(2,3)4;;;/h3*(H3,1,2,3,4);;;. The van der Waals surface area contributed by atoms with Gasteiger partial charge in [0.05, 0.1) is 0 Å². The van der Waals surface area contributed by atoms with Gasteiger partial charge in [-0.2, -0.15) is 0 Å². The second-order valence-electron chi connectivity index (χ2n) is 1.54. The van der Waals surface area contributed by atoms with E-state index in [1.165, 1.54) is 0 Å². The topological polar surface area (TPSA) is 233 Å². The zero-order valence-corrected chi connectivity index (χ0v) is 14.0. The Labute approximate surface area is 105 Å². The van der Waals surface area contributed by atoms with Crippen LogP contribution in [0.15, 0.2) is 0 Å². The molecule has 0 fully saturated rings. The summed E-state index contributed by atoms with van der Waals surface area (Å²) in [6, 6.07) is 0. The molecule has 0 aliphatic carbocycles. The van der Waals surface area contributed by atoms with Crippen molar-refractivity contribution in [2.45, 2.75) is 0 Å². The molecule has 0 rings (SSSR count). The minimum absolute atomic E-state index is 0. The molecule has 16 heavy (non-hydrogen) atoms. The zero-order chi connectivity index (χ0) is 13.5. The molecule has 0 aromatic rings. The van der Waals surface area contributed by atoms with Crippen LogP contribution in [0.1, 0.15) is 0 Å².